The molecule has 0 aromatic carbocycles. The Bertz CT molecular complexity index is 198. The molecule has 0 bridgehead atoms. The van der Waals surface area contributed by atoms with E-state index in [0.29, 0.717) is 5.92 Å². The standard InChI is InChI=1S/C13H26N2O/c1-2-10-16-11-6-9-15-13(14)12-7-4-3-5-8-12/h12H,2-11H2,1H3,(H2,14,15). The van der Waals surface area contributed by atoms with Crippen LogP contribution in [-0.2, 0) is 4.74 Å². The highest BCUT2D eigenvalue weighted by molar-refractivity contribution is 5.82. The summed E-state index contributed by atoms with van der Waals surface area (Å²) in [6.07, 6.45) is 8.57. The van der Waals surface area contributed by atoms with Crippen molar-refractivity contribution in [2.24, 2.45) is 16.6 Å². The lowest BCUT2D eigenvalue weighted by Crippen LogP contribution is -2.26. The Balaban J connectivity index is 2.07. The molecule has 0 unspecified atom stereocenters. The summed E-state index contributed by atoms with van der Waals surface area (Å²) in [4.78, 5) is 4.46. The number of aliphatic imine (C=N–C) groups is 1. The van der Waals surface area contributed by atoms with Crippen molar-refractivity contribution in [2.45, 2.75) is 51.9 Å². The van der Waals surface area contributed by atoms with E-state index in [4.69, 9.17) is 10.5 Å². The fourth-order valence-electron chi connectivity index (χ4n) is 2.15. The molecule has 0 atom stereocenters. The van der Waals surface area contributed by atoms with Crippen molar-refractivity contribution in [3.63, 3.8) is 0 Å². The molecule has 0 aromatic rings. The van der Waals surface area contributed by atoms with Gasteiger partial charge in [-0.3, -0.25) is 4.99 Å². The highest BCUT2D eigenvalue weighted by Gasteiger charge is 2.16. The van der Waals surface area contributed by atoms with Crippen LogP contribution >= 0.6 is 0 Å². The Hall–Kier alpha value is -0.570. The van der Waals surface area contributed by atoms with Gasteiger partial charge in [-0.25, -0.2) is 0 Å². The Morgan fingerprint density at radius 2 is 2.00 bits per heavy atom. The fraction of sp³-hybridized carbons (Fsp3) is 0.923. The zero-order valence-electron chi connectivity index (χ0n) is 10.6. The Morgan fingerprint density at radius 1 is 1.25 bits per heavy atom. The third-order valence-corrected chi connectivity index (χ3v) is 3.11. The van der Waals surface area contributed by atoms with Gasteiger partial charge in [-0.15, -0.1) is 0 Å². The minimum Gasteiger partial charge on any atom is -0.387 e. The second kappa shape index (κ2) is 8.57. The predicted octanol–water partition coefficient (Wildman–Crippen LogP) is 2.74. The number of nitrogens with zero attached hydrogens (tertiary/aromatic N) is 1. The summed E-state index contributed by atoms with van der Waals surface area (Å²) in [5.74, 6) is 1.44. The van der Waals surface area contributed by atoms with Crippen LogP contribution in [0.1, 0.15) is 51.9 Å². The smallest absolute Gasteiger partial charge is 0.0968 e. The molecule has 0 aromatic heterocycles. The first-order valence-corrected chi connectivity index (χ1v) is 6.72. The number of ether oxygens (including phenoxy) is 1. The van der Waals surface area contributed by atoms with E-state index in [9.17, 15) is 0 Å². The van der Waals surface area contributed by atoms with Gasteiger partial charge in [0.25, 0.3) is 0 Å². The zero-order valence-corrected chi connectivity index (χ0v) is 10.6. The Labute approximate surface area is 99.5 Å². The van der Waals surface area contributed by atoms with Crippen LogP contribution in [0.15, 0.2) is 4.99 Å². The normalized spacial score (nSPS) is 18.9. The summed E-state index contributed by atoms with van der Waals surface area (Å²) in [7, 11) is 0. The minimum absolute atomic E-state index is 0.560. The maximum absolute atomic E-state index is 6.00. The molecule has 1 aliphatic rings. The van der Waals surface area contributed by atoms with Gasteiger partial charge in [0.1, 0.15) is 0 Å². The van der Waals surface area contributed by atoms with E-state index in [1.807, 2.05) is 0 Å². The summed E-state index contributed by atoms with van der Waals surface area (Å²) < 4.78 is 5.40. The van der Waals surface area contributed by atoms with Gasteiger partial charge in [-0.05, 0) is 25.7 Å². The zero-order chi connectivity index (χ0) is 11.6. The van der Waals surface area contributed by atoms with Crippen LogP contribution in [0.3, 0.4) is 0 Å². The SMILES string of the molecule is CCCOCCCN=C(N)C1CCCCC1. The first-order chi connectivity index (χ1) is 7.84. The van der Waals surface area contributed by atoms with E-state index < -0.39 is 0 Å². The number of nitrogens with two attached hydrogens (primary N) is 1. The Morgan fingerprint density at radius 3 is 2.69 bits per heavy atom. The van der Waals surface area contributed by atoms with E-state index in [1.54, 1.807) is 0 Å². The molecule has 0 spiro atoms. The molecule has 3 heteroatoms. The average Bonchev–Trinajstić information content (AvgIpc) is 2.34. The second-order valence-corrected chi connectivity index (χ2v) is 4.61. The first kappa shape index (κ1) is 13.5. The van der Waals surface area contributed by atoms with Crippen LogP contribution < -0.4 is 5.73 Å². The van der Waals surface area contributed by atoms with Gasteiger partial charge in [-0.2, -0.15) is 0 Å². The number of hydrogen-bond donors (Lipinski definition) is 1. The third kappa shape index (κ3) is 5.50. The molecule has 94 valence electrons. The fourth-order valence-corrected chi connectivity index (χ4v) is 2.15. The summed E-state index contributed by atoms with van der Waals surface area (Å²) in [5.41, 5.74) is 6.00. The quantitative estimate of drug-likeness (QED) is 0.412. The van der Waals surface area contributed by atoms with Gasteiger partial charge < -0.3 is 10.5 Å². The number of amidine groups is 1. The van der Waals surface area contributed by atoms with Crippen LogP contribution in [-0.4, -0.2) is 25.6 Å². The molecule has 2 N–H and O–H groups in total. The summed E-state index contributed by atoms with van der Waals surface area (Å²) in [6, 6.07) is 0. The van der Waals surface area contributed by atoms with E-state index in [0.717, 1.165) is 38.4 Å². The molecule has 1 saturated carbocycles. The molecule has 0 saturated heterocycles. The molecular weight excluding hydrogens is 200 g/mol. The molecule has 0 radical (unpaired) electrons. The minimum atomic E-state index is 0.560. The van der Waals surface area contributed by atoms with Crippen molar-refractivity contribution in [3.8, 4) is 0 Å². The largest absolute Gasteiger partial charge is 0.387 e. The maximum atomic E-state index is 6.00. The molecule has 16 heavy (non-hydrogen) atoms. The molecule has 1 fully saturated rings. The number of hydrogen-bond acceptors (Lipinski definition) is 2. The summed E-state index contributed by atoms with van der Waals surface area (Å²) >= 11 is 0. The third-order valence-electron chi connectivity index (χ3n) is 3.11. The summed E-state index contributed by atoms with van der Waals surface area (Å²) in [6.45, 7) is 4.63. The molecule has 1 aliphatic carbocycles. The summed E-state index contributed by atoms with van der Waals surface area (Å²) in [5, 5.41) is 0. The van der Waals surface area contributed by atoms with Gasteiger partial charge in [0, 0.05) is 25.7 Å². The first-order valence-electron chi connectivity index (χ1n) is 6.72. The van der Waals surface area contributed by atoms with E-state index >= 15 is 0 Å². The lowest BCUT2D eigenvalue weighted by molar-refractivity contribution is 0.134. The maximum Gasteiger partial charge on any atom is 0.0968 e. The van der Waals surface area contributed by atoms with Gasteiger partial charge >= 0.3 is 0 Å². The lowest BCUT2D eigenvalue weighted by Gasteiger charge is -2.20. The van der Waals surface area contributed by atoms with Crippen molar-refractivity contribution in [1.82, 2.24) is 0 Å². The van der Waals surface area contributed by atoms with Gasteiger partial charge in [0.05, 0.1) is 5.84 Å². The molecule has 0 amide bonds. The van der Waals surface area contributed by atoms with Gasteiger partial charge in [-0.1, -0.05) is 26.2 Å². The topological polar surface area (TPSA) is 47.6 Å². The monoisotopic (exact) mass is 226 g/mol. The molecule has 3 nitrogen and oxygen atoms in total. The molecule has 1 rings (SSSR count). The number of rotatable bonds is 7. The highest BCUT2D eigenvalue weighted by atomic mass is 16.5. The average molecular weight is 226 g/mol. The predicted molar refractivity (Wildman–Crippen MR) is 68.8 cm³/mol. The van der Waals surface area contributed by atoms with Crippen molar-refractivity contribution in [1.29, 1.82) is 0 Å². The second-order valence-electron chi connectivity index (χ2n) is 4.61. The van der Waals surface area contributed by atoms with Gasteiger partial charge in [0.2, 0.25) is 0 Å². The van der Waals surface area contributed by atoms with Crippen LogP contribution in [0, 0.1) is 5.92 Å². The molecule has 0 aliphatic heterocycles. The van der Waals surface area contributed by atoms with E-state index in [-0.39, 0.29) is 0 Å². The van der Waals surface area contributed by atoms with Crippen molar-refractivity contribution in [3.05, 3.63) is 0 Å². The van der Waals surface area contributed by atoms with Crippen LogP contribution in [0.2, 0.25) is 0 Å². The highest BCUT2D eigenvalue weighted by Crippen LogP contribution is 2.23. The van der Waals surface area contributed by atoms with E-state index in [2.05, 4.69) is 11.9 Å². The van der Waals surface area contributed by atoms with Crippen LogP contribution in [0.25, 0.3) is 0 Å². The molecule has 0 heterocycles. The van der Waals surface area contributed by atoms with Gasteiger partial charge in [0.15, 0.2) is 0 Å². The van der Waals surface area contributed by atoms with E-state index in [1.165, 1.54) is 32.1 Å². The van der Waals surface area contributed by atoms with Crippen LogP contribution in [0.5, 0.6) is 0 Å². The lowest BCUT2D eigenvalue weighted by atomic mass is 9.88. The van der Waals surface area contributed by atoms with Crippen LogP contribution in [0.4, 0.5) is 0 Å². The van der Waals surface area contributed by atoms with Crippen molar-refractivity contribution < 1.29 is 4.74 Å². The Kier molecular flexibility index (Phi) is 7.23. The van der Waals surface area contributed by atoms with Crippen molar-refractivity contribution in [2.75, 3.05) is 19.8 Å². The molecular formula is C13H26N2O. The van der Waals surface area contributed by atoms with Crippen molar-refractivity contribution >= 4 is 5.84 Å².